The predicted molar refractivity (Wildman–Crippen MR) is 79.2 cm³/mol. The monoisotopic (exact) mass is 275 g/mol. The molecule has 0 saturated heterocycles. The molecule has 1 saturated carbocycles. The average molecular weight is 275 g/mol. The second-order valence-electron chi connectivity index (χ2n) is 5.69. The third kappa shape index (κ3) is 2.70. The van der Waals surface area contributed by atoms with Gasteiger partial charge < -0.3 is 10.3 Å². The van der Waals surface area contributed by atoms with Gasteiger partial charge in [-0.15, -0.1) is 0 Å². The van der Waals surface area contributed by atoms with Gasteiger partial charge in [0.15, 0.2) is 5.82 Å². The number of fused-ring (bicyclic) bond motifs is 1. The maximum atomic E-state index is 13.9. The van der Waals surface area contributed by atoms with E-state index in [4.69, 9.17) is 5.73 Å². The summed E-state index contributed by atoms with van der Waals surface area (Å²) in [6.45, 7) is 0.770. The lowest BCUT2D eigenvalue weighted by atomic mass is 10.1. The topological polar surface area (TPSA) is 43.8 Å². The Balaban J connectivity index is 1.79. The van der Waals surface area contributed by atoms with Gasteiger partial charge in [0.2, 0.25) is 0 Å². The first-order chi connectivity index (χ1) is 9.81. The van der Waals surface area contributed by atoms with Crippen molar-refractivity contribution in [1.82, 2.24) is 9.55 Å². The average Bonchev–Trinajstić information content (AvgIpc) is 3.21. The zero-order chi connectivity index (χ0) is 13.9. The van der Waals surface area contributed by atoms with Crippen molar-refractivity contribution in [1.29, 1.82) is 0 Å². The van der Waals surface area contributed by atoms with Crippen molar-refractivity contribution in [3.63, 3.8) is 0 Å². The molecule has 0 unspecified atom stereocenters. The fraction of sp³-hybridized carbons (Fsp3) is 0.562. The first-order valence-corrected chi connectivity index (χ1v) is 7.66. The maximum absolute atomic E-state index is 13.9. The zero-order valence-corrected chi connectivity index (χ0v) is 11.8. The van der Waals surface area contributed by atoms with E-state index in [1.54, 1.807) is 6.07 Å². The molecule has 0 atom stereocenters. The van der Waals surface area contributed by atoms with E-state index >= 15 is 0 Å². The third-order valence-electron chi connectivity index (χ3n) is 4.01. The van der Waals surface area contributed by atoms with E-state index in [9.17, 15) is 4.39 Å². The van der Waals surface area contributed by atoms with Crippen molar-refractivity contribution in [2.45, 2.75) is 51.0 Å². The molecule has 20 heavy (non-hydrogen) atoms. The number of hydrogen-bond acceptors (Lipinski definition) is 2. The molecule has 0 amide bonds. The molecule has 0 radical (unpaired) electrons. The summed E-state index contributed by atoms with van der Waals surface area (Å²) >= 11 is 0. The third-order valence-corrected chi connectivity index (χ3v) is 4.01. The highest BCUT2D eigenvalue weighted by atomic mass is 19.1. The fourth-order valence-electron chi connectivity index (χ4n) is 2.83. The quantitative estimate of drug-likeness (QED) is 0.785. The number of para-hydroxylation sites is 1. The molecular formula is C16H22FN3. The lowest BCUT2D eigenvalue weighted by Crippen LogP contribution is -2.02. The van der Waals surface area contributed by atoms with E-state index in [0.717, 1.165) is 37.1 Å². The van der Waals surface area contributed by atoms with Gasteiger partial charge in [-0.3, -0.25) is 0 Å². The molecule has 3 rings (SSSR count). The smallest absolute Gasteiger partial charge is 0.151 e. The summed E-state index contributed by atoms with van der Waals surface area (Å²) in [7, 11) is 0. The number of benzene rings is 1. The minimum Gasteiger partial charge on any atom is -0.330 e. The Labute approximate surface area is 119 Å². The number of imidazole rings is 1. The van der Waals surface area contributed by atoms with Gasteiger partial charge in [-0.05, 0) is 44.4 Å². The first-order valence-electron chi connectivity index (χ1n) is 7.66. The Bertz CT molecular complexity index is 587. The molecule has 4 heteroatoms. The summed E-state index contributed by atoms with van der Waals surface area (Å²) in [5, 5.41) is 0. The minimum absolute atomic E-state index is 0.203. The van der Waals surface area contributed by atoms with Crippen LogP contribution in [0.2, 0.25) is 0 Å². The summed E-state index contributed by atoms with van der Waals surface area (Å²) in [6.07, 6.45) is 7.88. The predicted octanol–water partition coefficient (Wildman–Crippen LogP) is 3.57. The van der Waals surface area contributed by atoms with Crippen LogP contribution < -0.4 is 5.73 Å². The van der Waals surface area contributed by atoms with Crippen LogP contribution in [0, 0.1) is 5.82 Å². The van der Waals surface area contributed by atoms with Crippen molar-refractivity contribution in [3.05, 3.63) is 29.8 Å². The second-order valence-corrected chi connectivity index (χ2v) is 5.69. The van der Waals surface area contributed by atoms with Crippen LogP contribution in [0.25, 0.3) is 11.0 Å². The first kappa shape index (κ1) is 13.6. The summed E-state index contributed by atoms with van der Waals surface area (Å²) in [6, 6.07) is 5.81. The number of halogens is 1. The number of nitrogens with zero attached hydrogens (tertiary/aromatic N) is 2. The van der Waals surface area contributed by atoms with E-state index in [1.165, 1.54) is 31.7 Å². The number of aromatic nitrogens is 2. The maximum Gasteiger partial charge on any atom is 0.151 e. The van der Waals surface area contributed by atoms with Gasteiger partial charge in [0.25, 0.3) is 0 Å². The van der Waals surface area contributed by atoms with Crippen LogP contribution in [0.5, 0.6) is 0 Å². The molecule has 0 aliphatic heterocycles. The van der Waals surface area contributed by atoms with E-state index < -0.39 is 0 Å². The molecule has 3 nitrogen and oxygen atoms in total. The van der Waals surface area contributed by atoms with Gasteiger partial charge in [0, 0.05) is 12.5 Å². The van der Waals surface area contributed by atoms with E-state index in [0.29, 0.717) is 11.6 Å². The molecule has 1 aliphatic rings. The molecule has 108 valence electrons. The van der Waals surface area contributed by atoms with Crippen molar-refractivity contribution in [2.75, 3.05) is 6.54 Å². The van der Waals surface area contributed by atoms with Crippen LogP contribution >= 0.6 is 0 Å². The van der Waals surface area contributed by atoms with E-state index in [2.05, 4.69) is 9.55 Å². The normalized spacial score (nSPS) is 15.1. The van der Waals surface area contributed by atoms with Crippen LogP contribution in [0.4, 0.5) is 4.39 Å². The minimum atomic E-state index is -0.203. The summed E-state index contributed by atoms with van der Waals surface area (Å²) in [4.78, 5) is 4.55. The molecule has 1 aliphatic carbocycles. The van der Waals surface area contributed by atoms with Gasteiger partial charge in [-0.2, -0.15) is 0 Å². The molecule has 1 aromatic carbocycles. The summed E-state index contributed by atoms with van der Waals surface area (Å²) < 4.78 is 16.1. The highest BCUT2D eigenvalue weighted by molar-refractivity contribution is 5.77. The number of rotatable bonds is 7. The molecule has 1 aromatic heterocycles. The highest BCUT2D eigenvalue weighted by Crippen LogP contribution is 2.39. The van der Waals surface area contributed by atoms with E-state index in [-0.39, 0.29) is 5.82 Å². The zero-order valence-electron chi connectivity index (χ0n) is 11.8. The van der Waals surface area contributed by atoms with Gasteiger partial charge in [0.1, 0.15) is 11.3 Å². The second kappa shape index (κ2) is 5.92. The molecule has 2 aromatic rings. The van der Waals surface area contributed by atoms with Crippen molar-refractivity contribution in [3.8, 4) is 0 Å². The van der Waals surface area contributed by atoms with Crippen molar-refractivity contribution < 1.29 is 4.39 Å². The number of hydrogen-bond donors (Lipinski definition) is 1. The van der Waals surface area contributed by atoms with E-state index in [1.807, 2.05) is 6.07 Å². The Hall–Kier alpha value is -1.42. The van der Waals surface area contributed by atoms with Gasteiger partial charge in [0.05, 0.1) is 5.52 Å². The Morgan fingerprint density at radius 2 is 2.00 bits per heavy atom. The lowest BCUT2D eigenvalue weighted by Gasteiger charge is -2.07. The SMILES string of the molecule is NCCCCCCc1nc2c(F)cccc2n1C1CC1. The standard InChI is InChI=1S/C16H22FN3/c17-13-6-5-7-14-16(13)19-15(20(14)12-9-10-12)8-3-1-2-4-11-18/h5-7,12H,1-4,8-11,18H2. The highest BCUT2D eigenvalue weighted by Gasteiger charge is 2.28. The molecule has 0 bridgehead atoms. The Kier molecular flexibility index (Phi) is 4.01. The molecule has 1 heterocycles. The molecule has 2 N–H and O–H groups in total. The van der Waals surface area contributed by atoms with Crippen LogP contribution in [-0.4, -0.2) is 16.1 Å². The fourth-order valence-corrected chi connectivity index (χ4v) is 2.83. The van der Waals surface area contributed by atoms with Crippen LogP contribution in [0.3, 0.4) is 0 Å². The number of aryl methyl sites for hydroxylation is 1. The largest absolute Gasteiger partial charge is 0.330 e. The van der Waals surface area contributed by atoms with Crippen LogP contribution in [0.1, 0.15) is 50.4 Å². The van der Waals surface area contributed by atoms with Crippen LogP contribution in [-0.2, 0) is 6.42 Å². The molecule has 0 spiro atoms. The molecular weight excluding hydrogens is 253 g/mol. The summed E-state index contributed by atoms with van der Waals surface area (Å²) in [5.41, 5.74) is 7.00. The van der Waals surface area contributed by atoms with Crippen LogP contribution in [0.15, 0.2) is 18.2 Å². The number of nitrogens with two attached hydrogens (primary N) is 1. The number of unbranched alkanes of at least 4 members (excludes halogenated alkanes) is 3. The van der Waals surface area contributed by atoms with Gasteiger partial charge in [-0.1, -0.05) is 18.9 Å². The van der Waals surface area contributed by atoms with Crippen molar-refractivity contribution in [2.24, 2.45) is 5.73 Å². The summed E-state index contributed by atoms with van der Waals surface area (Å²) in [5.74, 6) is 0.853. The van der Waals surface area contributed by atoms with Crippen molar-refractivity contribution >= 4 is 11.0 Å². The Morgan fingerprint density at radius 1 is 1.20 bits per heavy atom. The Morgan fingerprint density at radius 3 is 2.75 bits per heavy atom. The molecule has 1 fully saturated rings. The lowest BCUT2D eigenvalue weighted by molar-refractivity contribution is 0.611. The van der Waals surface area contributed by atoms with Gasteiger partial charge in [-0.25, -0.2) is 9.37 Å². The van der Waals surface area contributed by atoms with Gasteiger partial charge >= 0.3 is 0 Å².